The van der Waals surface area contributed by atoms with Crippen molar-refractivity contribution in [1.82, 2.24) is 0 Å². The van der Waals surface area contributed by atoms with Gasteiger partial charge in [-0.05, 0) is 62.7 Å². The van der Waals surface area contributed by atoms with E-state index in [-0.39, 0.29) is 12.1 Å². The molecule has 0 aromatic carbocycles. The van der Waals surface area contributed by atoms with Crippen molar-refractivity contribution in [2.75, 3.05) is 6.61 Å². The van der Waals surface area contributed by atoms with Gasteiger partial charge in [0, 0.05) is 27.4 Å². The Kier molecular flexibility index (Phi) is 11.9. The minimum absolute atomic E-state index is 0.169. The molecule has 2 aliphatic rings. The quantitative estimate of drug-likeness (QED) is 0.264. The van der Waals surface area contributed by atoms with Crippen LogP contribution in [-0.4, -0.2) is 39.4 Å². The lowest BCUT2D eigenvalue weighted by Gasteiger charge is -2.38. The second-order valence-corrected chi connectivity index (χ2v) is 12.4. The van der Waals surface area contributed by atoms with E-state index in [0.29, 0.717) is 13.0 Å². The third kappa shape index (κ3) is 10.2. The van der Waals surface area contributed by atoms with Crippen LogP contribution in [0.25, 0.3) is 0 Å². The molecule has 2 fully saturated rings. The first-order chi connectivity index (χ1) is 15.7. The van der Waals surface area contributed by atoms with Gasteiger partial charge in [-0.3, -0.25) is 14.4 Å². The smallest absolute Gasteiger partial charge is 0.455 e. The molecule has 190 valence electrons. The minimum Gasteiger partial charge on any atom is -0.455 e. The van der Waals surface area contributed by atoms with Crippen LogP contribution in [0, 0.1) is 17.8 Å². The van der Waals surface area contributed by atoms with Gasteiger partial charge in [0.2, 0.25) is 0 Å². The lowest BCUT2D eigenvalue weighted by atomic mass is 9.70. The van der Waals surface area contributed by atoms with Gasteiger partial charge >= 0.3 is 8.80 Å². The summed E-state index contributed by atoms with van der Waals surface area (Å²) in [7, 11) is -3.75. The van der Waals surface area contributed by atoms with Gasteiger partial charge in [-0.15, -0.1) is 0 Å². The standard InChI is InChI=1S/C25H44O7Si/c1-5-6-8-22-9-11-23(12-10-22)24-13-15-25(16-14-24)29-17-7-18-33(30-19(2)26,31-20(3)27)32-21(4)28/h22-25H,5-18H2,1-4H3. The third-order valence-electron chi connectivity index (χ3n) is 7.12. The molecule has 2 saturated carbocycles. The van der Waals surface area contributed by atoms with E-state index in [1.54, 1.807) is 0 Å². The molecule has 33 heavy (non-hydrogen) atoms. The van der Waals surface area contributed by atoms with Gasteiger partial charge in [0.1, 0.15) is 0 Å². The summed E-state index contributed by atoms with van der Waals surface area (Å²) in [5.41, 5.74) is 0. The van der Waals surface area contributed by atoms with Crippen molar-refractivity contribution >= 4 is 26.7 Å². The number of unbranched alkanes of at least 4 members (excludes halogenated alkanes) is 1. The Morgan fingerprint density at radius 3 is 1.67 bits per heavy atom. The van der Waals surface area contributed by atoms with E-state index in [4.69, 9.17) is 18.0 Å². The van der Waals surface area contributed by atoms with E-state index in [0.717, 1.165) is 30.6 Å². The van der Waals surface area contributed by atoms with E-state index < -0.39 is 26.7 Å². The maximum absolute atomic E-state index is 11.5. The van der Waals surface area contributed by atoms with Crippen LogP contribution < -0.4 is 0 Å². The molecule has 0 bridgehead atoms. The summed E-state index contributed by atoms with van der Waals surface area (Å²) in [5, 5.41) is 0. The summed E-state index contributed by atoms with van der Waals surface area (Å²) in [6.07, 6.45) is 15.1. The van der Waals surface area contributed by atoms with E-state index in [1.807, 2.05) is 0 Å². The summed E-state index contributed by atoms with van der Waals surface area (Å²) in [6.45, 7) is 6.37. The second kappa shape index (κ2) is 14.1. The molecule has 0 atom stereocenters. The second-order valence-electron chi connectivity index (χ2n) is 9.90. The van der Waals surface area contributed by atoms with Crippen LogP contribution in [0.15, 0.2) is 0 Å². The van der Waals surface area contributed by atoms with Gasteiger partial charge in [-0.1, -0.05) is 39.0 Å². The SMILES string of the molecule is CCCCC1CCC(C2CCC(OCCC[Si](OC(C)=O)(OC(C)=O)OC(C)=O)CC2)CC1. The zero-order chi connectivity index (χ0) is 24.3. The average Bonchev–Trinajstić information content (AvgIpc) is 2.74. The Labute approximate surface area is 200 Å². The average molecular weight is 485 g/mol. The third-order valence-corrected chi connectivity index (χ3v) is 9.88. The number of hydrogen-bond acceptors (Lipinski definition) is 7. The van der Waals surface area contributed by atoms with Crippen molar-refractivity contribution < 1.29 is 32.4 Å². The number of rotatable bonds is 12. The molecule has 0 spiro atoms. The lowest BCUT2D eigenvalue weighted by molar-refractivity contribution is -0.147. The van der Waals surface area contributed by atoms with Crippen LogP contribution in [0.5, 0.6) is 0 Å². The Morgan fingerprint density at radius 1 is 0.727 bits per heavy atom. The highest BCUT2D eigenvalue weighted by Crippen LogP contribution is 2.41. The number of hydrogen-bond donors (Lipinski definition) is 0. The summed E-state index contributed by atoms with van der Waals surface area (Å²) in [6, 6.07) is 0.169. The first-order valence-corrected chi connectivity index (χ1v) is 14.9. The summed E-state index contributed by atoms with van der Waals surface area (Å²) < 4.78 is 21.8. The Hall–Kier alpha value is -1.41. The molecule has 0 saturated heterocycles. The Morgan fingerprint density at radius 2 is 1.21 bits per heavy atom. The molecule has 0 amide bonds. The van der Waals surface area contributed by atoms with Gasteiger partial charge in [-0.25, -0.2) is 0 Å². The monoisotopic (exact) mass is 484 g/mol. The number of carbonyl (C=O) groups excluding carboxylic acids is 3. The molecule has 0 aliphatic heterocycles. The first kappa shape index (κ1) is 27.8. The van der Waals surface area contributed by atoms with Crippen molar-refractivity contribution in [3.8, 4) is 0 Å². The molecule has 0 unspecified atom stereocenters. The number of ether oxygens (including phenoxy) is 1. The highest BCUT2D eigenvalue weighted by atomic mass is 28.4. The van der Waals surface area contributed by atoms with Gasteiger partial charge in [-0.2, -0.15) is 0 Å². The van der Waals surface area contributed by atoms with Crippen LogP contribution in [0.1, 0.15) is 105 Å². The van der Waals surface area contributed by atoms with Crippen LogP contribution in [-0.2, 0) is 32.4 Å². The fourth-order valence-corrected chi connectivity index (χ4v) is 7.90. The van der Waals surface area contributed by atoms with E-state index in [2.05, 4.69) is 6.92 Å². The van der Waals surface area contributed by atoms with Crippen LogP contribution in [0.4, 0.5) is 0 Å². The zero-order valence-corrected chi connectivity index (χ0v) is 22.1. The van der Waals surface area contributed by atoms with E-state index >= 15 is 0 Å². The van der Waals surface area contributed by atoms with Gasteiger partial charge in [0.15, 0.2) is 0 Å². The molecule has 0 aromatic rings. The molecule has 2 aliphatic carbocycles. The lowest BCUT2D eigenvalue weighted by Crippen LogP contribution is -2.49. The van der Waals surface area contributed by atoms with Crippen LogP contribution >= 0.6 is 0 Å². The Balaban J connectivity index is 1.71. The maximum atomic E-state index is 11.5. The largest absolute Gasteiger partial charge is 0.705 e. The van der Waals surface area contributed by atoms with Crippen molar-refractivity contribution in [1.29, 1.82) is 0 Å². The molecular formula is C25H44O7Si. The topological polar surface area (TPSA) is 88.1 Å². The minimum atomic E-state index is -3.75. The molecule has 0 radical (unpaired) electrons. The highest BCUT2D eigenvalue weighted by Gasteiger charge is 2.51. The fourth-order valence-electron chi connectivity index (χ4n) is 5.58. The molecule has 7 nitrogen and oxygen atoms in total. The molecule has 2 rings (SSSR count). The zero-order valence-electron chi connectivity index (χ0n) is 21.1. The van der Waals surface area contributed by atoms with Crippen molar-refractivity contribution in [2.45, 2.75) is 117 Å². The van der Waals surface area contributed by atoms with E-state index in [1.165, 1.54) is 78.6 Å². The summed E-state index contributed by atoms with van der Waals surface area (Å²) >= 11 is 0. The van der Waals surface area contributed by atoms with Crippen molar-refractivity contribution in [3.05, 3.63) is 0 Å². The fraction of sp³-hybridized carbons (Fsp3) is 0.880. The van der Waals surface area contributed by atoms with Crippen LogP contribution in [0.3, 0.4) is 0 Å². The first-order valence-electron chi connectivity index (χ1n) is 12.9. The summed E-state index contributed by atoms with van der Waals surface area (Å²) in [5.74, 6) is 0.788. The van der Waals surface area contributed by atoms with Crippen LogP contribution in [0.2, 0.25) is 6.04 Å². The molecular weight excluding hydrogens is 440 g/mol. The predicted molar refractivity (Wildman–Crippen MR) is 127 cm³/mol. The molecule has 0 N–H and O–H groups in total. The van der Waals surface area contributed by atoms with Gasteiger partial charge in [0.05, 0.1) is 12.1 Å². The molecule has 0 heterocycles. The van der Waals surface area contributed by atoms with Gasteiger partial charge < -0.3 is 18.0 Å². The van der Waals surface area contributed by atoms with E-state index in [9.17, 15) is 14.4 Å². The van der Waals surface area contributed by atoms with Gasteiger partial charge in [0.25, 0.3) is 17.9 Å². The van der Waals surface area contributed by atoms with Crippen molar-refractivity contribution in [2.24, 2.45) is 17.8 Å². The number of carbonyl (C=O) groups is 3. The molecule has 8 heteroatoms. The predicted octanol–water partition coefficient (Wildman–Crippen LogP) is 5.58. The van der Waals surface area contributed by atoms with Crippen molar-refractivity contribution in [3.63, 3.8) is 0 Å². The maximum Gasteiger partial charge on any atom is 0.705 e. The Bertz CT molecular complexity index is 581. The summed E-state index contributed by atoms with van der Waals surface area (Å²) in [4.78, 5) is 34.6. The molecule has 0 aromatic heterocycles. The normalized spacial score (nSPS) is 25.8. The highest BCUT2D eigenvalue weighted by molar-refractivity contribution is 6.65.